The molecule has 6 heteroatoms. The number of benzene rings is 1. The van der Waals surface area contributed by atoms with E-state index in [2.05, 4.69) is 31.9 Å². The Morgan fingerprint density at radius 2 is 1.89 bits per heavy atom. The molecule has 3 nitrogen and oxygen atoms in total. The smallest absolute Gasteiger partial charge is 0.207 e. The van der Waals surface area contributed by atoms with Gasteiger partial charge in [-0.25, -0.2) is 12.7 Å². The van der Waals surface area contributed by atoms with E-state index >= 15 is 0 Å². The number of hydrogen-bond donors (Lipinski definition) is 0. The number of halogens is 2. The van der Waals surface area contributed by atoms with Crippen LogP contribution in [0.4, 0.5) is 0 Å². The molecule has 1 fully saturated rings. The molecule has 0 unspecified atom stereocenters. The van der Waals surface area contributed by atoms with Gasteiger partial charge in [0.25, 0.3) is 0 Å². The molecule has 0 bridgehead atoms. The Bertz CT molecular complexity index is 554. The molecule has 0 aliphatic heterocycles. The third kappa shape index (κ3) is 3.60. The van der Waals surface area contributed by atoms with Crippen molar-refractivity contribution in [1.29, 1.82) is 0 Å². The van der Waals surface area contributed by atoms with E-state index < -0.39 is 10.0 Å². The summed E-state index contributed by atoms with van der Waals surface area (Å²) in [5.74, 6) is 0.505. The highest BCUT2D eigenvalue weighted by Crippen LogP contribution is 2.30. The average Bonchev–Trinajstić information content (AvgIpc) is 2.85. The SMILES string of the molecule is CN(CC1CCCC1)S(=O)(=O)c1cc(Br)ccc1Br. The largest absolute Gasteiger partial charge is 0.243 e. The Labute approximate surface area is 131 Å². The summed E-state index contributed by atoms with van der Waals surface area (Å²) in [7, 11) is -1.76. The quantitative estimate of drug-likeness (QED) is 0.751. The first kappa shape index (κ1) is 15.5. The van der Waals surface area contributed by atoms with Gasteiger partial charge in [0.05, 0.1) is 4.90 Å². The van der Waals surface area contributed by atoms with E-state index in [0.29, 0.717) is 21.8 Å². The highest BCUT2D eigenvalue weighted by Gasteiger charge is 2.27. The molecule has 0 heterocycles. The lowest BCUT2D eigenvalue weighted by molar-refractivity contribution is 0.387. The Balaban J connectivity index is 2.22. The van der Waals surface area contributed by atoms with Crippen LogP contribution < -0.4 is 0 Å². The van der Waals surface area contributed by atoms with Crippen LogP contribution in [0.2, 0.25) is 0 Å². The minimum atomic E-state index is -3.42. The fourth-order valence-electron chi connectivity index (χ4n) is 2.50. The van der Waals surface area contributed by atoms with E-state index in [1.54, 1.807) is 19.2 Å². The van der Waals surface area contributed by atoms with Gasteiger partial charge in [0.15, 0.2) is 0 Å². The minimum absolute atomic E-state index is 0.322. The van der Waals surface area contributed by atoms with Crippen molar-refractivity contribution in [1.82, 2.24) is 4.31 Å². The summed E-state index contributed by atoms with van der Waals surface area (Å²) in [6.45, 7) is 0.612. The Hall–Kier alpha value is 0.0900. The fourth-order valence-corrected chi connectivity index (χ4v) is 5.20. The summed E-state index contributed by atoms with van der Waals surface area (Å²) < 4.78 is 28.0. The number of sulfonamides is 1. The van der Waals surface area contributed by atoms with E-state index in [4.69, 9.17) is 0 Å². The normalized spacial score (nSPS) is 17.3. The molecule has 1 aliphatic carbocycles. The fraction of sp³-hybridized carbons (Fsp3) is 0.538. The van der Waals surface area contributed by atoms with Crippen molar-refractivity contribution in [2.45, 2.75) is 30.6 Å². The van der Waals surface area contributed by atoms with Gasteiger partial charge < -0.3 is 0 Å². The van der Waals surface area contributed by atoms with Crippen LogP contribution in [0.3, 0.4) is 0 Å². The molecule has 0 N–H and O–H groups in total. The zero-order chi connectivity index (χ0) is 14.0. The summed E-state index contributed by atoms with van der Waals surface area (Å²) in [4.78, 5) is 0.322. The summed E-state index contributed by atoms with van der Waals surface area (Å²) in [6, 6.07) is 5.21. The average molecular weight is 411 g/mol. The van der Waals surface area contributed by atoms with Crippen LogP contribution in [0.5, 0.6) is 0 Å². The van der Waals surface area contributed by atoms with Gasteiger partial charge in [-0.2, -0.15) is 0 Å². The Kier molecular flexibility index (Phi) is 5.09. The van der Waals surface area contributed by atoms with Crippen molar-refractivity contribution < 1.29 is 8.42 Å². The molecule has 1 aliphatic rings. The van der Waals surface area contributed by atoms with Crippen molar-refractivity contribution in [2.24, 2.45) is 5.92 Å². The van der Waals surface area contributed by atoms with E-state index in [-0.39, 0.29) is 0 Å². The lowest BCUT2D eigenvalue weighted by atomic mass is 10.1. The minimum Gasteiger partial charge on any atom is -0.207 e. The van der Waals surface area contributed by atoms with Crippen LogP contribution in [0.15, 0.2) is 32.0 Å². The third-order valence-electron chi connectivity index (χ3n) is 3.57. The lowest BCUT2D eigenvalue weighted by Crippen LogP contribution is -2.31. The molecule has 0 radical (unpaired) electrons. The number of hydrogen-bond acceptors (Lipinski definition) is 2. The number of nitrogens with zero attached hydrogens (tertiary/aromatic N) is 1. The molecule has 1 aromatic rings. The summed E-state index contributed by atoms with van der Waals surface area (Å²) in [5.41, 5.74) is 0. The maximum absolute atomic E-state index is 12.6. The van der Waals surface area contributed by atoms with Gasteiger partial charge >= 0.3 is 0 Å². The van der Waals surface area contributed by atoms with Crippen molar-refractivity contribution >= 4 is 41.9 Å². The molecule has 19 heavy (non-hydrogen) atoms. The molecule has 0 aromatic heterocycles. The lowest BCUT2D eigenvalue weighted by Gasteiger charge is -2.21. The number of rotatable bonds is 4. The van der Waals surface area contributed by atoms with Crippen LogP contribution >= 0.6 is 31.9 Å². The van der Waals surface area contributed by atoms with Crippen LogP contribution in [0.1, 0.15) is 25.7 Å². The summed E-state index contributed by atoms with van der Waals surface area (Å²) in [6.07, 6.45) is 4.72. The highest BCUT2D eigenvalue weighted by molar-refractivity contribution is 9.11. The van der Waals surface area contributed by atoms with Crippen LogP contribution in [0, 0.1) is 5.92 Å². The topological polar surface area (TPSA) is 37.4 Å². The molecule has 0 spiro atoms. The maximum Gasteiger partial charge on any atom is 0.243 e. The molecule has 2 rings (SSSR count). The van der Waals surface area contributed by atoms with Crippen LogP contribution in [-0.2, 0) is 10.0 Å². The monoisotopic (exact) mass is 409 g/mol. The predicted octanol–water partition coefficient (Wildman–Crippen LogP) is 4.02. The summed E-state index contributed by atoms with van der Waals surface area (Å²) in [5, 5.41) is 0. The van der Waals surface area contributed by atoms with Crippen molar-refractivity contribution in [3.63, 3.8) is 0 Å². The van der Waals surface area contributed by atoms with Gasteiger partial charge in [-0.05, 0) is 52.9 Å². The standard InChI is InChI=1S/C13H17Br2NO2S/c1-16(9-10-4-2-3-5-10)19(17,18)13-8-11(14)6-7-12(13)15/h6-8,10H,2-5,9H2,1H3. The van der Waals surface area contributed by atoms with Gasteiger partial charge in [0, 0.05) is 22.5 Å². The van der Waals surface area contributed by atoms with Gasteiger partial charge in [-0.15, -0.1) is 0 Å². The van der Waals surface area contributed by atoms with E-state index in [9.17, 15) is 8.42 Å². The van der Waals surface area contributed by atoms with Crippen LogP contribution in [-0.4, -0.2) is 26.3 Å². The van der Waals surface area contributed by atoms with Gasteiger partial charge in [0.1, 0.15) is 0 Å². The molecular weight excluding hydrogens is 394 g/mol. The molecule has 106 valence electrons. The summed E-state index contributed by atoms with van der Waals surface area (Å²) >= 11 is 6.64. The maximum atomic E-state index is 12.6. The van der Waals surface area contributed by atoms with Gasteiger partial charge in [0.2, 0.25) is 10.0 Å². The third-order valence-corrected chi connectivity index (χ3v) is 6.88. The van der Waals surface area contributed by atoms with Crippen LogP contribution in [0.25, 0.3) is 0 Å². The second-order valence-electron chi connectivity index (χ2n) is 5.01. The van der Waals surface area contributed by atoms with E-state index in [0.717, 1.165) is 17.3 Å². The Morgan fingerprint density at radius 3 is 2.53 bits per heavy atom. The molecule has 1 aromatic carbocycles. The first-order chi connectivity index (χ1) is 8.91. The highest BCUT2D eigenvalue weighted by atomic mass is 79.9. The van der Waals surface area contributed by atoms with E-state index in [1.165, 1.54) is 17.1 Å². The molecule has 0 amide bonds. The predicted molar refractivity (Wildman–Crippen MR) is 83.6 cm³/mol. The molecule has 1 saturated carbocycles. The van der Waals surface area contributed by atoms with Gasteiger partial charge in [-0.3, -0.25) is 0 Å². The molecule has 0 saturated heterocycles. The zero-order valence-corrected chi connectivity index (χ0v) is 14.8. The Morgan fingerprint density at radius 1 is 1.26 bits per heavy atom. The zero-order valence-electron chi connectivity index (χ0n) is 10.8. The van der Waals surface area contributed by atoms with Crippen molar-refractivity contribution in [3.05, 3.63) is 27.1 Å². The first-order valence-corrected chi connectivity index (χ1v) is 9.35. The first-order valence-electron chi connectivity index (χ1n) is 6.32. The van der Waals surface area contributed by atoms with E-state index in [1.807, 2.05) is 6.07 Å². The second-order valence-corrected chi connectivity index (χ2v) is 8.79. The molecular formula is C13H17Br2NO2S. The molecule has 0 atom stereocenters. The van der Waals surface area contributed by atoms with Gasteiger partial charge in [-0.1, -0.05) is 28.8 Å². The second kappa shape index (κ2) is 6.24. The van der Waals surface area contributed by atoms with Crippen molar-refractivity contribution in [2.75, 3.05) is 13.6 Å². The van der Waals surface area contributed by atoms with Crippen molar-refractivity contribution in [3.8, 4) is 0 Å².